The molecule has 0 fully saturated rings. The van der Waals surface area contributed by atoms with Crippen LogP contribution in [0.4, 0.5) is 18.9 Å². The third-order valence-electron chi connectivity index (χ3n) is 3.95. The topological polar surface area (TPSA) is 61.7 Å². The van der Waals surface area contributed by atoms with Crippen molar-refractivity contribution in [2.45, 2.75) is 18.6 Å². The van der Waals surface area contributed by atoms with Crippen molar-refractivity contribution in [2.75, 3.05) is 11.9 Å². The van der Waals surface area contributed by atoms with Gasteiger partial charge in [-0.25, -0.2) is 0 Å². The summed E-state index contributed by atoms with van der Waals surface area (Å²) in [5.74, 6) is -0.191. The molecule has 0 saturated carbocycles. The summed E-state index contributed by atoms with van der Waals surface area (Å²) in [7, 11) is -1.91. The molecule has 1 heterocycles. The predicted molar refractivity (Wildman–Crippen MR) is 92.0 cm³/mol. The fourth-order valence-corrected chi connectivity index (χ4v) is 3.16. The first-order chi connectivity index (χ1) is 11.7. The summed E-state index contributed by atoms with van der Waals surface area (Å²) < 4.78 is 45.0. The molecule has 0 bridgehead atoms. The van der Waals surface area contributed by atoms with Crippen LogP contribution in [0, 0.1) is 0 Å². The Bertz CT molecular complexity index is 786. The minimum absolute atomic E-state index is 0.0906. The highest BCUT2D eigenvalue weighted by Gasteiger charge is 2.32. The lowest BCUT2D eigenvalue weighted by atomic mass is 9.79. The first kappa shape index (κ1) is 18.1. The molecule has 0 spiro atoms. The SMILES string of the molecule is OB(O)c1ccc(C(F)(F)F)cc1OCC1Cc2cc(Br)ccc2N1. The monoisotopic (exact) mass is 415 g/mol. The zero-order valence-electron chi connectivity index (χ0n) is 12.8. The van der Waals surface area contributed by atoms with Gasteiger partial charge < -0.3 is 20.1 Å². The van der Waals surface area contributed by atoms with Gasteiger partial charge in [0.25, 0.3) is 0 Å². The van der Waals surface area contributed by atoms with Crippen LogP contribution in [0.25, 0.3) is 0 Å². The van der Waals surface area contributed by atoms with Gasteiger partial charge in [-0.1, -0.05) is 28.1 Å². The summed E-state index contributed by atoms with van der Waals surface area (Å²) in [5, 5.41) is 21.9. The Hall–Kier alpha value is -1.71. The van der Waals surface area contributed by atoms with Gasteiger partial charge >= 0.3 is 13.3 Å². The van der Waals surface area contributed by atoms with Gasteiger partial charge in [-0.15, -0.1) is 0 Å². The average Bonchev–Trinajstić information content (AvgIpc) is 2.93. The number of anilines is 1. The molecule has 1 unspecified atom stereocenters. The van der Waals surface area contributed by atoms with E-state index in [2.05, 4.69) is 21.2 Å². The minimum Gasteiger partial charge on any atom is -0.492 e. The van der Waals surface area contributed by atoms with Crippen LogP contribution >= 0.6 is 15.9 Å². The predicted octanol–water partition coefficient (Wildman–Crippen LogP) is 2.56. The molecule has 4 nitrogen and oxygen atoms in total. The van der Waals surface area contributed by atoms with Crippen LogP contribution < -0.4 is 15.5 Å². The normalized spacial score (nSPS) is 16.3. The second kappa shape index (κ2) is 6.89. The fourth-order valence-electron chi connectivity index (χ4n) is 2.75. The third kappa shape index (κ3) is 4.11. The average molecular weight is 416 g/mol. The van der Waals surface area contributed by atoms with Gasteiger partial charge in [0.15, 0.2) is 0 Å². The lowest BCUT2D eigenvalue weighted by Gasteiger charge is -2.17. The van der Waals surface area contributed by atoms with Crippen molar-refractivity contribution < 1.29 is 28.0 Å². The number of rotatable bonds is 4. The van der Waals surface area contributed by atoms with Gasteiger partial charge in [0.05, 0.1) is 11.6 Å². The van der Waals surface area contributed by atoms with Gasteiger partial charge in [-0.05, 0) is 36.2 Å². The summed E-state index contributed by atoms with van der Waals surface area (Å²) >= 11 is 3.39. The number of hydrogen-bond acceptors (Lipinski definition) is 4. The number of nitrogens with one attached hydrogen (secondary N) is 1. The Morgan fingerprint density at radius 1 is 1.20 bits per heavy atom. The second-order valence-electron chi connectivity index (χ2n) is 5.78. The lowest BCUT2D eigenvalue weighted by molar-refractivity contribution is -0.137. The Morgan fingerprint density at radius 2 is 1.96 bits per heavy atom. The Kier molecular flexibility index (Phi) is 4.99. The zero-order chi connectivity index (χ0) is 18.2. The van der Waals surface area contributed by atoms with Crippen LogP contribution in [0.15, 0.2) is 40.9 Å². The van der Waals surface area contributed by atoms with E-state index < -0.39 is 18.9 Å². The molecular formula is C16H14BBrF3NO3. The van der Waals surface area contributed by atoms with Crippen LogP contribution in [0.2, 0.25) is 0 Å². The molecule has 1 aliphatic rings. The molecule has 0 saturated heterocycles. The number of hydrogen-bond donors (Lipinski definition) is 3. The molecule has 9 heteroatoms. The van der Waals surface area contributed by atoms with Crippen LogP contribution in [0.3, 0.4) is 0 Å². The summed E-state index contributed by atoms with van der Waals surface area (Å²) in [6, 6.07) is 8.24. The lowest BCUT2D eigenvalue weighted by Crippen LogP contribution is -2.33. The highest BCUT2D eigenvalue weighted by molar-refractivity contribution is 9.10. The van der Waals surface area contributed by atoms with Crippen molar-refractivity contribution in [3.05, 3.63) is 52.0 Å². The van der Waals surface area contributed by atoms with Crippen molar-refractivity contribution in [1.29, 1.82) is 0 Å². The highest BCUT2D eigenvalue weighted by Crippen LogP contribution is 2.32. The fraction of sp³-hybridized carbons (Fsp3) is 0.250. The molecule has 1 atom stereocenters. The van der Waals surface area contributed by atoms with Crippen molar-refractivity contribution in [3.63, 3.8) is 0 Å². The maximum absolute atomic E-state index is 12.9. The smallest absolute Gasteiger partial charge is 0.492 e. The molecule has 0 radical (unpaired) electrons. The third-order valence-corrected chi connectivity index (χ3v) is 4.45. The van der Waals surface area contributed by atoms with E-state index in [0.29, 0.717) is 6.42 Å². The van der Waals surface area contributed by atoms with E-state index in [1.807, 2.05) is 18.2 Å². The molecule has 3 N–H and O–H groups in total. The summed E-state index contributed by atoms with van der Waals surface area (Å²) in [6.07, 6.45) is -3.88. The minimum atomic E-state index is -4.54. The standard InChI is InChI=1S/C16H14BBrF3NO3/c18-11-2-4-14-9(5-11)6-12(22-14)8-25-15-7-10(16(19,20)21)1-3-13(15)17(23)24/h1-5,7,12,22-24H,6,8H2. The molecule has 0 aromatic heterocycles. The zero-order valence-corrected chi connectivity index (χ0v) is 14.4. The van der Waals surface area contributed by atoms with E-state index >= 15 is 0 Å². The van der Waals surface area contributed by atoms with Crippen LogP contribution in [-0.2, 0) is 12.6 Å². The number of benzene rings is 2. The largest absolute Gasteiger partial charge is 0.492 e. The molecular weight excluding hydrogens is 402 g/mol. The summed E-state index contributed by atoms with van der Waals surface area (Å²) in [4.78, 5) is 0. The number of alkyl halides is 3. The van der Waals surface area contributed by atoms with Crippen molar-refractivity contribution >= 4 is 34.2 Å². The van der Waals surface area contributed by atoms with Crippen LogP contribution in [0.1, 0.15) is 11.1 Å². The second-order valence-corrected chi connectivity index (χ2v) is 6.70. The molecule has 0 aliphatic carbocycles. The van der Waals surface area contributed by atoms with E-state index in [1.54, 1.807) is 0 Å². The Morgan fingerprint density at radius 3 is 2.64 bits per heavy atom. The quantitative estimate of drug-likeness (QED) is 0.671. The van der Waals surface area contributed by atoms with E-state index in [1.165, 1.54) is 0 Å². The maximum Gasteiger partial charge on any atom is 0.492 e. The number of ether oxygens (including phenoxy) is 1. The van der Waals surface area contributed by atoms with Crippen molar-refractivity contribution in [2.24, 2.45) is 0 Å². The molecule has 2 aromatic rings. The summed E-state index contributed by atoms with van der Waals surface area (Å²) in [6.45, 7) is 0.0906. The number of halogens is 4. The van der Waals surface area contributed by atoms with Crippen molar-refractivity contribution in [3.8, 4) is 5.75 Å². The molecule has 132 valence electrons. The molecule has 25 heavy (non-hydrogen) atoms. The first-order valence-electron chi connectivity index (χ1n) is 7.49. The van der Waals surface area contributed by atoms with Gasteiger partial charge in [-0.2, -0.15) is 13.2 Å². The molecule has 3 rings (SSSR count). The van der Waals surface area contributed by atoms with Gasteiger partial charge in [0.1, 0.15) is 12.4 Å². The Labute approximate surface area is 150 Å². The van der Waals surface area contributed by atoms with E-state index in [9.17, 15) is 23.2 Å². The van der Waals surface area contributed by atoms with Gasteiger partial charge in [0, 0.05) is 15.6 Å². The molecule has 0 amide bonds. The highest BCUT2D eigenvalue weighted by atomic mass is 79.9. The Balaban J connectivity index is 1.74. The maximum atomic E-state index is 12.9. The first-order valence-corrected chi connectivity index (χ1v) is 8.28. The summed E-state index contributed by atoms with van der Waals surface area (Å²) in [5.41, 5.74) is 1.02. The van der Waals surface area contributed by atoms with Crippen LogP contribution in [-0.4, -0.2) is 29.8 Å². The van der Waals surface area contributed by atoms with Gasteiger partial charge in [0.2, 0.25) is 0 Å². The van der Waals surface area contributed by atoms with E-state index in [0.717, 1.165) is 33.9 Å². The van der Waals surface area contributed by atoms with E-state index in [4.69, 9.17) is 4.74 Å². The molecule has 1 aliphatic heterocycles. The number of fused-ring (bicyclic) bond motifs is 1. The molecule has 2 aromatic carbocycles. The van der Waals surface area contributed by atoms with Crippen LogP contribution in [0.5, 0.6) is 5.75 Å². The van der Waals surface area contributed by atoms with E-state index in [-0.39, 0.29) is 23.9 Å². The van der Waals surface area contributed by atoms with Gasteiger partial charge in [-0.3, -0.25) is 0 Å². The van der Waals surface area contributed by atoms with Crippen molar-refractivity contribution in [1.82, 2.24) is 0 Å².